The summed E-state index contributed by atoms with van der Waals surface area (Å²) >= 11 is 3.34. The number of benzene rings is 1. The van der Waals surface area contributed by atoms with Gasteiger partial charge in [-0.2, -0.15) is 0 Å². The number of nitrogens with two attached hydrogens (primary N) is 1. The second kappa shape index (κ2) is 9.18. The topological polar surface area (TPSA) is 79.5 Å². The number of rotatable bonds is 7. The summed E-state index contributed by atoms with van der Waals surface area (Å²) in [5, 5.41) is 5.84. The van der Waals surface area contributed by atoms with E-state index in [2.05, 4.69) is 38.1 Å². The quantitative estimate of drug-likeness (QED) is 0.304. The third-order valence-corrected chi connectivity index (χ3v) is 3.04. The molecule has 0 aliphatic heterocycles. The average Bonchev–Trinajstić information content (AvgIpc) is 2.44. The van der Waals surface area contributed by atoms with Crippen LogP contribution in [0.3, 0.4) is 0 Å². The van der Waals surface area contributed by atoms with E-state index in [1.807, 2.05) is 19.1 Å². The highest BCUT2D eigenvalue weighted by atomic mass is 79.9. The zero-order chi connectivity index (χ0) is 15.7. The molecule has 0 fully saturated rings. The molecule has 0 saturated carbocycles. The number of hydrogen-bond donors (Lipinski definition) is 3. The van der Waals surface area contributed by atoms with Crippen LogP contribution >= 0.6 is 15.9 Å². The Morgan fingerprint density at radius 3 is 2.76 bits per heavy atom. The molecule has 0 saturated heterocycles. The Bertz CT molecular complexity index is 528. The average molecular weight is 353 g/mol. The highest BCUT2D eigenvalue weighted by Gasteiger charge is 2.04. The van der Waals surface area contributed by atoms with Gasteiger partial charge in [0.1, 0.15) is 0 Å². The normalized spacial score (nSPS) is 11.0. The lowest BCUT2D eigenvalue weighted by Crippen LogP contribution is -2.34. The van der Waals surface area contributed by atoms with Gasteiger partial charge in [0.05, 0.1) is 6.54 Å². The van der Waals surface area contributed by atoms with Crippen LogP contribution in [0.5, 0.6) is 0 Å². The van der Waals surface area contributed by atoms with Crippen LogP contribution in [-0.4, -0.2) is 31.5 Å². The summed E-state index contributed by atoms with van der Waals surface area (Å²) in [5.74, 6) is 0.316. The molecular formula is C15H21BrN4O. The summed E-state index contributed by atoms with van der Waals surface area (Å²) in [6.45, 7) is 7.41. The standard InChI is InChI=1S/C15H21BrN4O/c1-11(2)10-20-15(17)19-8-4-7-18-14(21)12-5-3-6-13(16)9-12/h3,5-6,9H,1,4,7-8,10H2,2H3,(H,18,21)(H3,17,19,20). The van der Waals surface area contributed by atoms with Crippen LogP contribution < -0.4 is 16.4 Å². The Morgan fingerprint density at radius 2 is 2.10 bits per heavy atom. The largest absolute Gasteiger partial charge is 0.370 e. The molecule has 0 radical (unpaired) electrons. The van der Waals surface area contributed by atoms with Crippen molar-refractivity contribution in [1.29, 1.82) is 0 Å². The Morgan fingerprint density at radius 1 is 1.38 bits per heavy atom. The molecular weight excluding hydrogens is 332 g/mol. The number of carbonyl (C=O) groups excluding carboxylic acids is 1. The van der Waals surface area contributed by atoms with Crippen molar-refractivity contribution in [1.82, 2.24) is 10.6 Å². The molecule has 0 atom stereocenters. The van der Waals surface area contributed by atoms with E-state index in [0.717, 1.165) is 16.5 Å². The first-order valence-electron chi connectivity index (χ1n) is 6.71. The molecule has 5 nitrogen and oxygen atoms in total. The number of amides is 1. The molecule has 1 aromatic rings. The number of halogens is 1. The monoisotopic (exact) mass is 352 g/mol. The van der Waals surface area contributed by atoms with Crippen molar-refractivity contribution < 1.29 is 4.79 Å². The van der Waals surface area contributed by atoms with Crippen molar-refractivity contribution >= 4 is 27.8 Å². The minimum atomic E-state index is -0.0831. The number of guanidine groups is 1. The molecule has 0 aromatic heterocycles. The van der Waals surface area contributed by atoms with Crippen molar-refractivity contribution in [3.63, 3.8) is 0 Å². The molecule has 0 unspecified atom stereocenters. The number of nitrogens with one attached hydrogen (secondary N) is 2. The zero-order valence-corrected chi connectivity index (χ0v) is 13.7. The second-order valence-electron chi connectivity index (χ2n) is 4.71. The van der Waals surface area contributed by atoms with E-state index in [4.69, 9.17) is 5.73 Å². The van der Waals surface area contributed by atoms with E-state index < -0.39 is 0 Å². The molecule has 0 aliphatic carbocycles. The lowest BCUT2D eigenvalue weighted by atomic mass is 10.2. The summed E-state index contributed by atoms with van der Waals surface area (Å²) in [6.07, 6.45) is 0.767. The van der Waals surface area contributed by atoms with Crippen LogP contribution in [-0.2, 0) is 0 Å². The maximum atomic E-state index is 11.9. The molecule has 0 heterocycles. The smallest absolute Gasteiger partial charge is 0.251 e. The molecule has 114 valence electrons. The first-order chi connectivity index (χ1) is 9.99. The van der Waals surface area contributed by atoms with Crippen LogP contribution in [0, 0.1) is 0 Å². The fourth-order valence-corrected chi connectivity index (χ4v) is 1.91. The molecule has 0 spiro atoms. The molecule has 6 heteroatoms. The SMILES string of the molecule is C=C(C)CN=C(N)NCCCNC(=O)c1cccc(Br)c1. The Balaban J connectivity index is 2.21. The minimum Gasteiger partial charge on any atom is -0.370 e. The molecule has 0 bridgehead atoms. The predicted molar refractivity (Wildman–Crippen MR) is 90.4 cm³/mol. The Hall–Kier alpha value is -1.82. The van der Waals surface area contributed by atoms with Crippen molar-refractivity contribution in [2.45, 2.75) is 13.3 Å². The zero-order valence-electron chi connectivity index (χ0n) is 12.2. The van der Waals surface area contributed by atoms with E-state index in [0.29, 0.717) is 31.2 Å². The molecule has 0 aliphatic rings. The highest BCUT2D eigenvalue weighted by molar-refractivity contribution is 9.10. The second-order valence-corrected chi connectivity index (χ2v) is 5.62. The van der Waals surface area contributed by atoms with Gasteiger partial charge >= 0.3 is 0 Å². The number of hydrogen-bond acceptors (Lipinski definition) is 2. The lowest BCUT2D eigenvalue weighted by molar-refractivity contribution is 0.0953. The van der Waals surface area contributed by atoms with Crippen molar-refractivity contribution in [2.75, 3.05) is 19.6 Å². The fourth-order valence-electron chi connectivity index (χ4n) is 1.51. The van der Waals surface area contributed by atoms with Crippen LogP contribution in [0.4, 0.5) is 0 Å². The maximum absolute atomic E-state index is 11.9. The van der Waals surface area contributed by atoms with Crippen LogP contribution in [0.2, 0.25) is 0 Å². The van der Waals surface area contributed by atoms with E-state index in [1.54, 1.807) is 12.1 Å². The first-order valence-corrected chi connectivity index (χ1v) is 7.50. The van der Waals surface area contributed by atoms with Gasteiger partial charge in [-0.05, 0) is 31.5 Å². The first kappa shape index (κ1) is 17.2. The van der Waals surface area contributed by atoms with E-state index in [1.165, 1.54) is 0 Å². The van der Waals surface area contributed by atoms with Gasteiger partial charge < -0.3 is 16.4 Å². The van der Waals surface area contributed by atoms with Crippen molar-refractivity contribution in [2.24, 2.45) is 10.7 Å². The van der Waals surface area contributed by atoms with Gasteiger partial charge in [-0.3, -0.25) is 4.79 Å². The van der Waals surface area contributed by atoms with Gasteiger partial charge in [0.15, 0.2) is 5.96 Å². The molecule has 1 rings (SSSR count). The molecule has 1 amide bonds. The summed E-state index contributed by atoms with van der Waals surface area (Å²) in [6, 6.07) is 7.28. The van der Waals surface area contributed by atoms with Gasteiger partial charge in [-0.1, -0.05) is 34.1 Å². The number of aliphatic imine (C=N–C) groups is 1. The minimum absolute atomic E-state index is 0.0831. The summed E-state index contributed by atoms with van der Waals surface area (Å²) in [4.78, 5) is 16.0. The highest BCUT2D eigenvalue weighted by Crippen LogP contribution is 2.11. The fraction of sp³-hybridized carbons (Fsp3) is 0.333. The van der Waals surface area contributed by atoms with Crippen molar-refractivity contribution in [3.05, 3.63) is 46.5 Å². The molecule has 21 heavy (non-hydrogen) atoms. The number of nitrogens with zero attached hydrogens (tertiary/aromatic N) is 1. The van der Waals surface area contributed by atoms with Crippen molar-refractivity contribution in [3.8, 4) is 0 Å². The van der Waals surface area contributed by atoms with E-state index >= 15 is 0 Å². The Kier molecular flexibility index (Phi) is 7.53. The summed E-state index contributed by atoms with van der Waals surface area (Å²) in [5.41, 5.74) is 7.28. The summed E-state index contributed by atoms with van der Waals surface area (Å²) in [7, 11) is 0. The van der Waals surface area contributed by atoms with E-state index in [9.17, 15) is 4.79 Å². The van der Waals surface area contributed by atoms with Gasteiger partial charge in [0, 0.05) is 23.1 Å². The van der Waals surface area contributed by atoms with Gasteiger partial charge in [0.25, 0.3) is 5.91 Å². The third kappa shape index (κ3) is 7.51. The molecule has 4 N–H and O–H groups in total. The van der Waals surface area contributed by atoms with Gasteiger partial charge in [-0.15, -0.1) is 0 Å². The lowest BCUT2D eigenvalue weighted by Gasteiger charge is -2.07. The maximum Gasteiger partial charge on any atom is 0.251 e. The van der Waals surface area contributed by atoms with Gasteiger partial charge in [-0.25, -0.2) is 4.99 Å². The summed E-state index contributed by atoms with van der Waals surface area (Å²) < 4.78 is 0.887. The van der Waals surface area contributed by atoms with Gasteiger partial charge in [0.2, 0.25) is 0 Å². The Labute approximate surface area is 133 Å². The van der Waals surface area contributed by atoms with Crippen LogP contribution in [0.15, 0.2) is 45.9 Å². The van der Waals surface area contributed by atoms with Crippen LogP contribution in [0.25, 0.3) is 0 Å². The van der Waals surface area contributed by atoms with E-state index in [-0.39, 0.29) is 5.91 Å². The number of carbonyl (C=O) groups is 1. The third-order valence-electron chi connectivity index (χ3n) is 2.55. The molecule has 1 aromatic carbocycles. The van der Waals surface area contributed by atoms with Crippen LogP contribution in [0.1, 0.15) is 23.7 Å². The predicted octanol–water partition coefficient (Wildman–Crippen LogP) is 2.05.